The van der Waals surface area contributed by atoms with E-state index in [4.69, 9.17) is 4.74 Å². The van der Waals surface area contributed by atoms with Gasteiger partial charge in [0, 0.05) is 18.8 Å². The molecule has 0 aliphatic rings. The molecule has 1 heterocycles. The van der Waals surface area contributed by atoms with Crippen LogP contribution in [0.25, 0.3) is 0 Å². The molecule has 0 unspecified atom stereocenters. The molecule has 18 heavy (non-hydrogen) atoms. The quantitative estimate of drug-likeness (QED) is 0.808. The van der Waals surface area contributed by atoms with Gasteiger partial charge in [-0.05, 0) is 32.4 Å². The second kappa shape index (κ2) is 5.71. The Kier molecular flexibility index (Phi) is 4.53. The third kappa shape index (κ3) is 3.91. The van der Waals surface area contributed by atoms with Gasteiger partial charge in [-0.2, -0.15) is 0 Å². The number of esters is 1. The molecule has 5 heteroatoms. The first-order valence-electron chi connectivity index (χ1n) is 5.95. The van der Waals surface area contributed by atoms with Gasteiger partial charge in [0.2, 0.25) is 0 Å². The zero-order chi connectivity index (χ0) is 13.8. The number of hydrogen-bond acceptors (Lipinski definition) is 3. The minimum absolute atomic E-state index is 0.257. The van der Waals surface area contributed by atoms with Crippen LogP contribution in [0.4, 0.5) is 0 Å². The highest BCUT2D eigenvalue weighted by atomic mass is 16.5. The van der Waals surface area contributed by atoms with E-state index in [-0.39, 0.29) is 18.1 Å². The number of aromatic nitrogens is 1. The maximum absolute atomic E-state index is 11.6. The summed E-state index contributed by atoms with van der Waals surface area (Å²) in [6.45, 7) is 5.57. The highest BCUT2D eigenvalue weighted by molar-refractivity contribution is 5.90. The summed E-state index contributed by atoms with van der Waals surface area (Å²) in [6, 6.07) is 3.40. The van der Waals surface area contributed by atoms with Crippen molar-refractivity contribution in [1.29, 1.82) is 0 Å². The van der Waals surface area contributed by atoms with E-state index in [0.29, 0.717) is 5.69 Å². The highest BCUT2D eigenvalue weighted by Crippen LogP contribution is 2.06. The first kappa shape index (κ1) is 14.3. The van der Waals surface area contributed by atoms with Crippen LogP contribution in [0.15, 0.2) is 18.3 Å². The van der Waals surface area contributed by atoms with Crippen molar-refractivity contribution in [2.24, 2.45) is 7.05 Å². The molecular weight excluding hydrogens is 232 g/mol. The number of carbonyl (C=O) groups is 2. The first-order chi connectivity index (χ1) is 8.35. The maximum Gasteiger partial charge on any atom is 0.355 e. The Morgan fingerprint density at radius 1 is 1.44 bits per heavy atom. The average Bonchev–Trinajstić information content (AvgIpc) is 2.72. The van der Waals surface area contributed by atoms with Gasteiger partial charge in [0.1, 0.15) is 5.69 Å². The predicted molar refractivity (Wildman–Crippen MR) is 68.2 cm³/mol. The molecule has 0 fully saturated rings. The predicted octanol–water partition coefficient (Wildman–Crippen LogP) is 1.49. The van der Waals surface area contributed by atoms with Crippen LogP contribution in [-0.2, 0) is 16.6 Å². The smallest absolute Gasteiger partial charge is 0.355 e. The van der Waals surface area contributed by atoms with Crippen molar-refractivity contribution in [2.45, 2.75) is 32.7 Å². The molecule has 0 atom stereocenters. The minimum Gasteiger partial charge on any atom is -0.451 e. The van der Waals surface area contributed by atoms with Crippen LogP contribution in [0.1, 0.15) is 37.7 Å². The topological polar surface area (TPSA) is 60.3 Å². The molecule has 0 bridgehead atoms. The molecule has 1 aromatic heterocycles. The minimum atomic E-state index is -0.494. The molecule has 0 saturated carbocycles. The second-order valence-electron chi connectivity index (χ2n) is 4.87. The van der Waals surface area contributed by atoms with Gasteiger partial charge in [0.05, 0.1) is 0 Å². The number of aryl methyl sites for hydroxylation is 1. The maximum atomic E-state index is 11.6. The molecule has 1 N–H and O–H groups in total. The standard InChI is InChI=1S/C13H20N2O3/c1-5-13(2,3)14-11(16)9-18-12(17)10-7-6-8-15(10)4/h6-8H,5,9H2,1-4H3,(H,14,16). The number of nitrogens with zero attached hydrogens (tertiary/aromatic N) is 1. The van der Waals surface area contributed by atoms with Crippen molar-refractivity contribution in [2.75, 3.05) is 6.61 Å². The fraction of sp³-hybridized carbons (Fsp3) is 0.538. The first-order valence-corrected chi connectivity index (χ1v) is 5.95. The Labute approximate surface area is 107 Å². The number of ether oxygens (including phenoxy) is 1. The van der Waals surface area contributed by atoms with Crippen molar-refractivity contribution in [3.8, 4) is 0 Å². The summed E-state index contributed by atoms with van der Waals surface area (Å²) in [5, 5.41) is 2.80. The molecule has 0 spiro atoms. The highest BCUT2D eigenvalue weighted by Gasteiger charge is 2.19. The van der Waals surface area contributed by atoms with Crippen molar-refractivity contribution in [3.63, 3.8) is 0 Å². The van der Waals surface area contributed by atoms with Crippen molar-refractivity contribution >= 4 is 11.9 Å². The summed E-state index contributed by atoms with van der Waals surface area (Å²) in [4.78, 5) is 23.2. The van der Waals surface area contributed by atoms with E-state index in [2.05, 4.69) is 5.32 Å². The van der Waals surface area contributed by atoms with Gasteiger partial charge in [0.15, 0.2) is 6.61 Å². The van der Waals surface area contributed by atoms with Gasteiger partial charge in [-0.25, -0.2) is 4.79 Å². The van der Waals surface area contributed by atoms with Gasteiger partial charge >= 0.3 is 5.97 Å². The number of rotatable bonds is 5. The molecule has 5 nitrogen and oxygen atoms in total. The molecular formula is C13H20N2O3. The van der Waals surface area contributed by atoms with Gasteiger partial charge < -0.3 is 14.6 Å². The van der Waals surface area contributed by atoms with E-state index in [9.17, 15) is 9.59 Å². The zero-order valence-electron chi connectivity index (χ0n) is 11.3. The van der Waals surface area contributed by atoms with E-state index >= 15 is 0 Å². The average molecular weight is 252 g/mol. The van der Waals surface area contributed by atoms with Gasteiger partial charge in [-0.3, -0.25) is 4.79 Å². The van der Waals surface area contributed by atoms with Crippen LogP contribution < -0.4 is 5.32 Å². The Morgan fingerprint density at radius 2 is 2.11 bits per heavy atom. The summed E-state index contributed by atoms with van der Waals surface area (Å²) in [5.41, 5.74) is 0.145. The van der Waals surface area contributed by atoms with E-state index in [1.54, 1.807) is 29.9 Å². The molecule has 100 valence electrons. The lowest BCUT2D eigenvalue weighted by atomic mass is 10.0. The normalized spacial score (nSPS) is 11.1. The summed E-state index contributed by atoms with van der Waals surface area (Å²) < 4.78 is 6.60. The number of nitrogens with one attached hydrogen (secondary N) is 1. The fourth-order valence-electron chi connectivity index (χ4n) is 1.38. The second-order valence-corrected chi connectivity index (χ2v) is 4.87. The lowest BCUT2D eigenvalue weighted by molar-refractivity contribution is -0.125. The molecule has 0 aliphatic carbocycles. The van der Waals surface area contributed by atoms with Crippen molar-refractivity contribution in [1.82, 2.24) is 9.88 Å². The van der Waals surface area contributed by atoms with Crippen LogP contribution in [0.2, 0.25) is 0 Å². The lowest BCUT2D eigenvalue weighted by Crippen LogP contribution is -2.44. The van der Waals surface area contributed by atoms with Gasteiger partial charge in [-0.1, -0.05) is 6.92 Å². The van der Waals surface area contributed by atoms with E-state index in [1.807, 2.05) is 20.8 Å². The summed E-state index contributed by atoms with van der Waals surface area (Å²) in [6.07, 6.45) is 2.56. The monoisotopic (exact) mass is 252 g/mol. The van der Waals surface area contributed by atoms with Crippen LogP contribution in [-0.4, -0.2) is 28.6 Å². The van der Waals surface area contributed by atoms with E-state index < -0.39 is 5.97 Å². The number of hydrogen-bond donors (Lipinski definition) is 1. The fourth-order valence-corrected chi connectivity index (χ4v) is 1.38. The molecule has 1 rings (SSSR count). The molecule has 1 amide bonds. The van der Waals surface area contributed by atoms with E-state index in [1.165, 1.54) is 0 Å². The molecule has 0 radical (unpaired) electrons. The molecule has 1 aromatic rings. The van der Waals surface area contributed by atoms with Gasteiger partial charge in [0.25, 0.3) is 5.91 Å². The third-order valence-electron chi connectivity index (χ3n) is 2.85. The van der Waals surface area contributed by atoms with Crippen molar-refractivity contribution < 1.29 is 14.3 Å². The molecule has 0 aliphatic heterocycles. The summed E-state index contributed by atoms with van der Waals surface area (Å²) in [5.74, 6) is -0.781. The summed E-state index contributed by atoms with van der Waals surface area (Å²) in [7, 11) is 1.75. The summed E-state index contributed by atoms with van der Waals surface area (Å²) >= 11 is 0. The lowest BCUT2D eigenvalue weighted by Gasteiger charge is -2.24. The van der Waals surface area contributed by atoms with Crippen LogP contribution in [0.5, 0.6) is 0 Å². The number of carbonyl (C=O) groups excluding carboxylic acids is 2. The Balaban J connectivity index is 2.45. The zero-order valence-corrected chi connectivity index (χ0v) is 11.3. The molecule has 0 saturated heterocycles. The largest absolute Gasteiger partial charge is 0.451 e. The third-order valence-corrected chi connectivity index (χ3v) is 2.85. The van der Waals surface area contributed by atoms with E-state index in [0.717, 1.165) is 6.42 Å². The SMILES string of the molecule is CCC(C)(C)NC(=O)COC(=O)c1cccn1C. The van der Waals surface area contributed by atoms with Crippen LogP contribution in [0, 0.1) is 0 Å². The van der Waals surface area contributed by atoms with Crippen molar-refractivity contribution in [3.05, 3.63) is 24.0 Å². The Bertz CT molecular complexity index is 435. The molecule has 0 aromatic carbocycles. The Morgan fingerprint density at radius 3 is 2.61 bits per heavy atom. The Hall–Kier alpha value is -1.78. The van der Waals surface area contributed by atoms with Crippen LogP contribution >= 0.6 is 0 Å². The van der Waals surface area contributed by atoms with Gasteiger partial charge in [-0.15, -0.1) is 0 Å². The van der Waals surface area contributed by atoms with Crippen LogP contribution in [0.3, 0.4) is 0 Å². The number of amides is 1.